The first-order chi connectivity index (χ1) is 10.1. The van der Waals surface area contributed by atoms with Gasteiger partial charge in [-0.1, -0.05) is 19.8 Å². The molecule has 2 rings (SSSR count). The van der Waals surface area contributed by atoms with Crippen LogP contribution in [0, 0.1) is 11.2 Å². The molecule has 0 atom stereocenters. The van der Waals surface area contributed by atoms with Crippen molar-refractivity contribution in [3.05, 3.63) is 17.8 Å². The van der Waals surface area contributed by atoms with E-state index in [2.05, 4.69) is 15.3 Å². The van der Waals surface area contributed by atoms with Crippen LogP contribution in [-0.2, 0) is 16.0 Å². The van der Waals surface area contributed by atoms with Gasteiger partial charge in [-0.05, 0) is 26.2 Å². The summed E-state index contributed by atoms with van der Waals surface area (Å²) >= 11 is 0. The number of halogens is 1. The van der Waals surface area contributed by atoms with Gasteiger partial charge in [0, 0.05) is 6.54 Å². The van der Waals surface area contributed by atoms with Crippen LogP contribution in [-0.4, -0.2) is 29.1 Å². The molecule has 1 aliphatic rings. The lowest BCUT2D eigenvalue weighted by atomic mass is 9.86. The number of carbonyl (C=O) groups excluding carboxylic acids is 1. The van der Waals surface area contributed by atoms with Gasteiger partial charge in [0.2, 0.25) is 0 Å². The molecule has 1 aromatic rings. The zero-order valence-electron chi connectivity index (χ0n) is 12.6. The highest BCUT2D eigenvalue weighted by Crippen LogP contribution is 2.39. The number of aryl methyl sites for hydroxylation is 1. The molecule has 1 fully saturated rings. The molecule has 5 nitrogen and oxygen atoms in total. The number of nitrogens with one attached hydrogen (secondary N) is 1. The maximum Gasteiger partial charge on any atom is 0.313 e. The molecular formula is C15H22FN3O2. The fourth-order valence-corrected chi connectivity index (χ4v) is 2.82. The Morgan fingerprint density at radius 3 is 2.71 bits per heavy atom. The Kier molecular flexibility index (Phi) is 5.09. The third kappa shape index (κ3) is 3.31. The zero-order valence-corrected chi connectivity index (χ0v) is 12.6. The number of carbonyl (C=O) groups is 1. The average molecular weight is 295 g/mol. The zero-order chi connectivity index (χ0) is 15.3. The third-order valence-corrected chi connectivity index (χ3v) is 4.06. The molecule has 6 heteroatoms. The average Bonchev–Trinajstić information content (AvgIpc) is 2.97. The van der Waals surface area contributed by atoms with Crippen LogP contribution < -0.4 is 5.32 Å². The second-order valence-electron chi connectivity index (χ2n) is 5.40. The van der Waals surface area contributed by atoms with E-state index in [9.17, 15) is 9.18 Å². The lowest BCUT2D eigenvalue weighted by molar-refractivity contribution is -0.154. The number of nitrogens with zero attached hydrogens (tertiary/aromatic N) is 2. The van der Waals surface area contributed by atoms with E-state index < -0.39 is 11.2 Å². The van der Waals surface area contributed by atoms with E-state index in [1.165, 1.54) is 6.33 Å². The van der Waals surface area contributed by atoms with Gasteiger partial charge < -0.3 is 10.1 Å². The fraction of sp³-hybridized carbons (Fsp3) is 0.667. The van der Waals surface area contributed by atoms with Crippen molar-refractivity contribution in [1.82, 2.24) is 9.97 Å². The maximum atomic E-state index is 14.1. The third-order valence-electron chi connectivity index (χ3n) is 4.06. The number of hydrogen-bond donors (Lipinski definition) is 1. The summed E-state index contributed by atoms with van der Waals surface area (Å²) in [5.74, 6) is -0.463. The number of hydrogen-bond acceptors (Lipinski definition) is 5. The molecule has 0 saturated heterocycles. The van der Waals surface area contributed by atoms with E-state index in [0.29, 0.717) is 25.3 Å². The summed E-state index contributed by atoms with van der Waals surface area (Å²) in [4.78, 5) is 20.0. The lowest BCUT2D eigenvalue weighted by Crippen LogP contribution is -2.37. The molecule has 0 radical (unpaired) electrons. The monoisotopic (exact) mass is 295 g/mol. The molecule has 1 saturated carbocycles. The standard InChI is InChI=1S/C15H22FN3O2/c1-3-11-12(16)13(19-10-18-11)17-9-15(7-5-6-8-15)14(20)21-4-2/h10H,3-9H2,1-2H3,(H,17,18,19). The van der Waals surface area contributed by atoms with Gasteiger partial charge in [0.1, 0.15) is 6.33 Å². The minimum atomic E-state index is -0.556. The summed E-state index contributed by atoms with van der Waals surface area (Å²) in [6.07, 6.45) is 5.38. The van der Waals surface area contributed by atoms with E-state index in [-0.39, 0.29) is 11.8 Å². The van der Waals surface area contributed by atoms with Crippen LogP contribution in [0.3, 0.4) is 0 Å². The predicted octanol–water partition coefficient (Wildman–Crippen LogP) is 2.71. The Hall–Kier alpha value is -1.72. The van der Waals surface area contributed by atoms with Crippen LogP contribution in [0.5, 0.6) is 0 Å². The molecule has 1 aliphatic carbocycles. The van der Waals surface area contributed by atoms with Crippen molar-refractivity contribution in [2.24, 2.45) is 5.41 Å². The van der Waals surface area contributed by atoms with Crippen LogP contribution in [0.25, 0.3) is 0 Å². The normalized spacial score (nSPS) is 16.7. The second kappa shape index (κ2) is 6.83. The highest BCUT2D eigenvalue weighted by Gasteiger charge is 2.42. The number of ether oxygens (including phenoxy) is 1. The molecule has 1 aromatic heterocycles. The Labute approximate surface area is 124 Å². The first-order valence-electron chi connectivity index (χ1n) is 7.53. The SMILES string of the molecule is CCOC(=O)C1(CNc2ncnc(CC)c2F)CCCC1. The molecule has 1 heterocycles. The van der Waals surface area contributed by atoms with Crippen LogP contribution in [0.15, 0.2) is 6.33 Å². The number of aromatic nitrogens is 2. The molecule has 1 N–H and O–H groups in total. The Balaban J connectivity index is 2.11. The van der Waals surface area contributed by atoms with E-state index in [0.717, 1.165) is 25.7 Å². The van der Waals surface area contributed by atoms with Gasteiger partial charge in [-0.15, -0.1) is 0 Å². The van der Waals surface area contributed by atoms with Crippen molar-refractivity contribution in [3.63, 3.8) is 0 Å². The van der Waals surface area contributed by atoms with Crippen molar-refractivity contribution >= 4 is 11.8 Å². The number of rotatable bonds is 6. The molecule has 0 aromatic carbocycles. The quantitative estimate of drug-likeness (QED) is 0.817. The van der Waals surface area contributed by atoms with Gasteiger partial charge in [-0.2, -0.15) is 0 Å². The molecule has 0 amide bonds. The maximum absolute atomic E-state index is 14.1. The van der Waals surface area contributed by atoms with Gasteiger partial charge in [0.15, 0.2) is 11.6 Å². The summed E-state index contributed by atoms with van der Waals surface area (Å²) in [5.41, 5.74) is -0.177. The Morgan fingerprint density at radius 1 is 1.38 bits per heavy atom. The van der Waals surface area contributed by atoms with Crippen molar-refractivity contribution < 1.29 is 13.9 Å². The smallest absolute Gasteiger partial charge is 0.313 e. The molecule has 0 bridgehead atoms. The molecule has 21 heavy (non-hydrogen) atoms. The first kappa shape index (κ1) is 15.7. The van der Waals surface area contributed by atoms with Gasteiger partial charge in [0.05, 0.1) is 17.7 Å². The largest absolute Gasteiger partial charge is 0.466 e. The molecular weight excluding hydrogens is 273 g/mol. The van der Waals surface area contributed by atoms with Gasteiger partial charge in [-0.3, -0.25) is 4.79 Å². The molecule has 0 unspecified atom stereocenters. The van der Waals surface area contributed by atoms with Crippen molar-refractivity contribution in [3.8, 4) is 0 Å². The van der Waals surface area contributed by atoms with E-state index in [1.807, 2.05) is 6.92 Å². The molecule has 116 valence electrons. The lowest BCUT2D eigenvalue weighted by Gasteiger charge is -2.27. The minimum Gasteiger partial charge on any atom is -0.466 e. The molecule has 0 spiro atoms. The highest BCUT2D eigenvalue weighted by molar-refractivity contribution is 5.78. The first-order valence-corrected chi connectivity index (χ1v) is 7.53. The summed E-state index contributed by atoms with van der Waals surface area (Å²) in [5, 5.41) is 2.98. The summed E-state index contributed by atoms with van der Waals surface area (Å²) in [7, 11) is 0. The van der Waals surface area contributed by atoms with Crippen LogP contribution in [0.1, 0.15) is 45.2 Å². The van der Waals surface area contributed by atoms with Crippen LogP contribution in [0.4, 0.5) is 10.2 Å². The summed E-state index contributed by atoms with van der Waals surface area (Å²) in [6.45, 7) is 4.35. The summed E-state index contributed by atoms with van der Waals surface area (Å²) < 4.78 is 19.3. The topological polar surface area (TPSA) is 64.1 Å². The number of anilines is 1. The van der Waals surface area contributed by atoms with Crippen molar-refractivity contribution in [2.75, 3.05) is 18.5 Å². The number of esters is 1. The Morgan fingerprint density at radius 2 is 2.10 bits per heavy atom. The fourth-order valence-electron chi connectivity index (χ4n) is 2.82. The highest BCUT2D eigenvalue weighted by atomic mass is 19.1. The van der Waals surface area contributed by atoms with Gasteiger partial charge in [-0.25, -0.2) is 14.4 Å². The summed E-state index contributed by atoms with van der Waals surface area (Å²) in [6, 6.07) is 0. The second-order valence-corrected chi connectivity index (χ2v) is 5.40. The van der Waals surface area contributed by atoms with Crippen LogP contribution in [0.2, 0.25) is 0 Å². The molecule has 0 aliphatic heterocycles. The van der Waals surface area contributed by atoms with E-state index in [4.69, 9.17) is 4.74 Å². The minimum absolute atomic E-state index is 0.164. The van der Waals surface area contributed by atoms with Gasteiger partial charge >= 0.3 is 5.97 Å². The predicted molar refractivity (Wildman–Crippen MR) is 77.4 cm³/mol. The van der Waals surface area contributed by atoms with Crippen LogP contribution >= 0.6 is 0 Å². The Bertz CT molecular complexity index is 502. The van der Waals surface area contributed by atoms with Gasteiger partial charge in [0.25, 0.3) is 0 Å². The van der Waals surface area contributed by atoms with E-state index in [1.54, 1.807) is 6.92 Å². The van der Waals surface area contributed by atoms with Crippen molar-refractivity contribution in [1.29, 1.82) is 0 Å². The van der Waals surface area contributed by atoms with Crippen molar-refractivity contribution in [2.45, 2.75) is 46.0 Å². The van der Waals surface area contributed by atoms with E-state index >= 15 is 0 Å².